The highest BCUT2D eigenvalue weighted by atomic mass is 19.4. The first-order chi connectivity index (χ1) is 14.7. The third-order valence-corrected chi connectivity index (χ3v) is 4.64. The standard InChI is InChI=1S/C22H18F3N5O/c1-29(2)20(31)14-9-11-17(12-10-14)26-21-27-19-8-4-7-18(30(19)28-21)15-5-3-6-16(13-15)22(23,24)25/h3-13H,1-2H3,(H,26,28). The maximum atomic E-state index is 13.1. The second kappa shape index (κ2) is 7.75. The Morgan fingerprint density at radius 1 is 1.00 bits per heavy atom. The molecule has 2 aromatic heterocycles. The molecule has 0 fully saturated rings. The fourth-order valence-corrected chi connectivity index (χ4v) is 3.11. The van der Waals surface area contributed by atoms with Gasteiger partial charge in [-0.3, -0.25) is 4.79 Å². The second-order valence-corrected chi connectivity index (χ2v) is 7.10. The number of alkyl halides is 3. The van der Waals surface area contributed by atoms with Crippen molar-refractivity contribution in [2.75, 3.05) is 19.4 Å². The summed E-state index contributed by atoms with van der Waals surface area (Å²) in [6.45, 7) is 0. The molecule has 158 valence electrons. The van der Waals surface area contributed by atoms with Gasteiger partial charge in [0.2, 0.25) is 5.95 Å². The van der Waals surface area contributed by atoms with E-state index in [1.807, 2.05) is 0 Å². The number of carbonyl (C=O) groups is 1. The number of hydrogen-bond donors (Lipinski definition) is 1. The van der Waals surface area contributed by atoms with Gasteiger partial charge in [0.05, 0.1) is 11.3 Å². The van der Waals surface area contributed by atoms with E-state index in [1.54, 1.807) is 62.6 Å². The predicted molar refractivity (Wildman–Crippen MR) is 111 cm³/mol. The van der Waals surface area contributed by atoms with Gasteiger partial charge in [-0.25, -0.2) is 4.52 Å². The SMILES string of the molecule is CN(C)C(=O)c1ccc(Nc2nc3cccc(-c4cccc(C(F)(F)F)c4)n3n2)cc1. The maximum absolute atomic E-state index is 13.1. The molecule has 0 atom stereocenters. The van der Waals surface area contributed by atoms with E-state index in [-0.39, 0.29) is 11.9 Å². The van der Waals surface area contributed by atoms with Crippen molar-refractivity contribution in [2.24, 2.45) is 0 Å². The van der Waals surface area contributed by atoms with E-state index in [0.29, 0.717) is 28.2 Å². The van der Waals surface area contributed by atoms with E-state index in [1.165, 1.54) is 15.5 Å². The number of nitrogens with zero attached hydrogens (tertiary/aromatic N) is 4. The van der Waals surface area contributed by atoms with Crippen LogP contribution in [0.3, 0.4) is 0 Å². The molecule has 0 saturated heterocycles. The fourth-order valence-electron chi connectivity index (χ4n) is 3.11. The van der Waals surface area contributed by atoms with Gasteiger partial charge in [-0.15, -0.1) is 5.10 Å². The van der Waals surface area contributed by atoms with Crippen LogP contribution >= 0.6 is 0 Å². The molecule has 4 rings (SSSR count). The van der Waals surface area contributed by atoms with Crippen molar-refractivity contribution >= 4 is 23.2 Å². The smallest absolute Gasteiger partial charge is 0.345 e. The number of rotatable bonds is 4. The second-order valence-electron chi connectivity index (χ2n) is 7.10. The van der Waals surface area contributed by atoms with E-state index in [2.05, 4.69) is 15.4 Å². The van der Waals surface area contributed by atoms with Crippen molar-refractivity contribution in [2.45, 2.75) is 6.18 Å². The highest BCUT2D eigenvalue weighted by molar-refractivity contribution is 5.94. The van der Waals surface area contributed by atoms with Crippen molar-refractivity contribution in [3.05, 3.63) is 77.9 Å². The molecule has 0 aliphatic rings. The van der Waals surface area contributed by atoms with E-state index < -0.39 is 11.7 Å². The molecule has 0 aliphatic carbocycles. The normalized spacial score (nSPS) is 11.5. The van der Waals surface area contributed by atoms with Gasteiger partial charge in [0.25, 0.3) is 5.91 Å². The van der Waals surface area contributed by atoms with Crippen LogP contribution < -0.4 is 5.32 Å². The van der Waals surface area contributed by atoms with Crippen molar-refractivity contribution in [3.8, 4) is 11.3 Å². The fraction of sp³-hybridized carbons (Fsp3) is 0.136. The largest absolute Gasteiger partial charge is 0.416 e. The molecule has 1 amide bonds. The molecule has 2 heterocycles. The van der Waals surface area contributed by atoms with E-state index in [9.17, 15) is 18.0 Å². The molecular weight excluding hydrogens is 407 g/mol. The van der Waals surface area contributed by atoms with Crippen molar-refractivity contribution in [3.63, 3.8) is 0 Å². The lowest BCUT2D eigenvalue weighted by atomic mass is 10.1. The Kier molecular flexibility index (Phi) is 5.10. The quantitative estimate of drug-likeness (QED) is 0.507. The summed E-state index contributed by atoms with van der Waals surface area (Å²) < 4.78 is 40.8. The molecule has 0 unspecified atom stereocenters. The van der Waals surface area contributed by atoms with Crippen LogP contribution in [-0.4, -0.2) is 39.5 Å². The predicted octanol–water partition coefficient (Wildman–Crippen LogP) is 4.86. The van der Waals surface area contributed by atoms with Crippen LogP contribution in [0.5, 0.6) is 0 Å². The number of carbonyl (C=O) groups excluding carboxylic acids is 1. The maximum Gasteiger partial charge on any atom is 0.416 e. The lowest BCUT2D eigenvalue weighted by molar-refractivity contribution is -0.137. The van der Waals surface area contributed by atoms with Gasteiger partial charge in [0.1, 0.15) is 0 Å². The number of anilines is 2. The summed E-state index contributed by atoms with van der Waals surface area (Å²) in [5.74, 6) is 0.175. The number of benzene rings is 2. The third kappa shape index (κ3) is 4.20. The number of amides is 1. The number of hydrogen-bond acceptors (Lipinski definition) is 4. The van der Waals surface area contributed by atoms with Crippen LogP contribution in [0.2, 0.25) is 0 Å². The van der Waals surface area contributed by atoms with Gasteiger partial charge in [-0.05, 0) is 48.5 Å². The monoisotopic (exact) mass is 425 g/mol. The van der Waals surface area contributed by atoms with Crippen LogP contribution in [-0.2, 0) is 6.18 Å². The minimum atomic E-state index is -4.43. The molecule has 31 heavy (non-hydrogen) atoms. The summed E-state index contributed by atoms with van der Waals surface area (Å²) >= 11 is 0. The van der Waals surface area contributed by atoms with Crippen molar-refractivity contribution in [1.29, 1.82) is 0 Å². The van der Waals surface area contributed by atoms with Crippen molar-refractivity contribution in [1.82, 2.24) is 19.5 Å². The summed E-state index contributed by atoms with van der Waals surface area (Å²) in [7, 11) is 3.36. The minimum Gasteiger partial charge on any atom is -0.345 e. The van der Waals surface area contributed by atoms with Gasteiger partial charge in [-0.2, -0.15) is 18.2 Å². The molecule has 9 heteroatoms. The lowest BCUT2D eigenvalue weighted by Gasteiger charge is -2.10. The van der Waals surface area contributed by atoms with Crippen LogP contribution in [0, 0.1) is 0 Å². The number of aromatic nitrogens is 3. The van der Waals surface area contributed by atoms with E-state index in [4.69, 9.17) is 0 Å². The van der Waals surface area contributed by atoms with Gasteiger partial charge >= 0.3 is 6.18 Å². The van der Waals surface area contributed by atoms with Crippen LogP contribution in [0.4, 0.5) is 24.8 Å². The molecule has 0 aliphatic heterocycles. The number of pyridine rings is 1. The zero-order chi connectivity index (χ0) is 22.2. The van der Waals surface area contributed by atoms with E-state index in [0.717, 1.165) is 12.1 Å². The molecule has 1 N–H and O–H groups in total. The minimum absolute atomic E-state index is 0.108. The zero-order valence-electron chi connectivity index (χ0n) is 16.7. The first-order valence-corrected chi connectivity index (χ1v) is 9.34. The zero-order valence-corrected chi connectivity index (χ0v) is 16.7. The summed E-state index contributed by atoms with van der Waals surface area (Å²) in [5, 5.41) is 7.46. The average molecular weight is 425 g/mol. The number of fused-ring (bicyclic) bond motifs is 1. The molecule has 0 radical (unpaired) electrons. The van der Waals surface area contributed by atoms with Crippen LogP contribution in [0.15, 0.2) is 66.7 Å². The summed E-state index contributed by atoms with van der Waals surface area (Å²) in [6, 6.07) is 17.0. The Bertz CT molecular complexity index is 1250. The molecule has 0 bridgehead atoms. The topological polar surface area (TPSA) is 62.5 Å². The molecule has 6 nitrogen and oxygen atoms in total. The van der Waals surface area contributed by atoms with Crippen molar-refractivity contribution < 1.29 is 18.0 Å². The van der Waals surface area contributed by atoms with Crippen LogP contribution in [0.25, 0.3) is 16.9 Å². The molecular formula is C22H18F3N5O. The number of nitrogens with one attached hydrogen (secondary N) is 1. The highest BCUT2D eigenvalue weighted by Gasteiger charge is 2.30. The molecule has 0 spiro atoms. The Morgan fingerprint density at radius 2 is 1.71 bits per heavy atom. The van der Waals surface area contributed by atoms with Gasteiger partial charge in [0, 0.05) is 30.9 Å². The first kappa shape index (κ1) is 20.4. The molecule has 0 saturated carbocycles. The van der Waals surface area contributed by atoms with E-state index >= 15 is 0 Å². The summed E-state index contributed by atoms with van der Waals surface area (Å²) in [6.07, 6.45) is -4.43. The lowest BCUT2D eigenvalue weighted by Crippen LogP contribution is -2.21. The third-order valence-electron chi connectivity index (χ3n) is 4.64. The first-order valence-electron chi connectivity index (χ1n) is 9.34. The average Bonchev–Trinajstić information content (AvgIpc) is 3.15. The summed E-state index contributed by atoms with van der Waals surface area (Å²) in [4.78, 5) is 17.9. The Balaban J connectivity index is 1.65. The van der Waals surface area contributed by atoms with Crippen LogP contribution in [0.1, 0.15) is 15.9 Å². The Morgan fingerprint density at radius 3 is 2.39 bits per heavy atom. The highest BCUT2D eigenvalue weighted by Crippen LogP contribution is 2.32. The molecule has 4 aromatic rings. The summed E-state index contributed by atoms with van der Waals surface area (Å²) in [5.41, 5.74) is 1.83. The van der Waals surface area contributed by atoms with Gasteiger partial charge in [-0.1, -0.05) is 18.2 Å². The number of halogens is 3. The Labute approximate surface area is 175 Å². The Hall–Kier alpha value is -3.88. The molecule has 2 aromatic carbocycles. The van der Waals surface area contributed by atoms with Gasteiger partial charge < -0.3 is 10.2 Å². The van der Waals surface area contributed by atoms with Gasteiger partial charge in [0.15, 0.2) is 5.65 Å².